The highest BCUT2D eigenvalue weighted by Gasteiger charge is 2.46. The first kappa shape index (κ1) is 22.6. The van der Waals surface area contributed by atoms with Gasteiger partial charge in [0, 0.05) is 24.5 Å². The van der Waals surface area contributed by atoms with Crippen LogP contribution in [0.25, 0.3) is 0 Å². The zero-order valence-electron chi connectivity index (χ0n) is 16.8. The molecule has 1 atom stereocenters. The van der Waals surface area contributed by atoms with E-state index in [1.54, 1.807) is 0 Å². The lowest BCUT2D eigenvalue weighted by molar-refractivity contribution is -0.152. The standard InChI is InChI=1S/C15H15N3O5.C6H5NO2/c16-8-1-2-9-10(7-8)14(22)18(13(9)21)11-3-4-12(20)17(5-6-19)15(11)23;8-6(9)5-1-3-7-4-2-5/h1-2,7,11,19H,3-6,16H2;1-4H,(H,8,9). The van der Waals surface area contributed by atoms with Crippen molar-refractivity contribution in [2.75, 3.05) is 18.9 Å². The van der Waals surface area contributed by atoms with Crippen LogP contribution in [0.5, 0.6) is 0 Å². The first-order valence-corrected chi connectivity index (χ1v) is 9.62. The number of β-amino-alcohol motifs (C(OH)–C–C–N with tert-alkyl or cyclic N) is 1. The van der Waals surface area contributed by atoms with Crippen LogP contribution in [0.1, 0.15) is 43.9 Å². The largest absolute Gasteiger partial charge is 0.478 e. The number of carboxylic acid groups (broad SMARTS) is 1. The van der Waals surface area contributed by atoms with Crippen molar-refractivity contribution in [1.29, 1.82) is 0 Å². The second-order valence-corrected chi connectivity index (χ2v) is 6.99. The van der Waals surface area contributed by atoms with Gasteiger partial charge >= 0.3 is 5.97 Å². The summed E-state index contributed by atoms with van der Waals surface area (Å²) in [4.78, 5) is 64.8. The van der Waals surface area contributed by atoms with Crippen molar-refractivity contribution in [3.63, 3.8) is 0 Å². The topological polar surface area (TPSA) is 171 Å². The first-order valence-electron chi connectivity index (χ1n) is 9.62. The van der Waals surface area contributed by atoms with Crippen molar-refractivity contribution in [1.82, 2.24) is 14.8 Å². The van der Waals surface area contributed by atoms with E-state index < -0.39 is 35.6 Å². The van der Waals surface area contributed by atoms with Gasteiger partial charge in [-0.15, -0.1) is 0 Å². The van der Waals surface area contributed by atoms with E-state index in [0.717, 1.165) is 9.80 Å². The zero-order valence-corrected chi connectivity index (χ0v) is 16.8. The molecule has 1 saturated heterocycles. The molecule has 0 bridgehead atoms. The summed E-state index contributed by atoms with van der Waals surface area (Å²) in [6.07, 6.45) is 3.01. The molecule has 2 aliphatic heterocycles. The molecular weight excluding hydrogens is 420 g/mol. The Morgan fingerprint density at radius 2 is 1.72 bits per heavy atom. The fourth-order valence-electron chi connectivity index (χ4n) is 3.45. The highest BCUT2D eigenvalue weighted by atomic mass is 16.4. The quantitative estimate of drug-likeness (QED) is 0.442. The summed E-state index contributed by atoms with van der Waals surface area (Å²) in [6.45, 7) is -0.521. The van der Waals surface area contributed by atoms with Gasteiger partial charge in [0.05, 0.1) is 29.8 Å². The van der Waals surface area contributed by atoms with Crippen LogP contribution < -0.4 is 5.73 Å². The predicted molar refractivity (Wildman–Crippen MR) is 109 cm³/mol. The van der Waals surface area contributed by atoms with E-state index >= 15 is 0 Å². The van der Waals surface area contributed by atoms with Crippen LogP contribution in [0.4, 0.5) is 5.69 Å². The third-order valence-electron chi connectivity index (χ3n) is 4.99. The van der Waals surface area contributed by atoms with Crippen molar-refractivity contribution in [2.45, 2.75) is 18.9 Å². The van der Waals surface area contributed by atoms with Gasteiger partial charge in [0.2, 0.25) is 5.91 Å². The minimum Gasteiger partial charge on any atom is -0.478 e. The number of aromatic nitrogens is 1. The Morgan fingerprint density at radius 3 is 2.31 bits per heavy atom. The first-order chi connectivity index (χ1) is 15.3. The molecule has 0 aliphatic carbocycles. The van der Waals surface area contributed by atoms with Gasteiger partial charge in [-0.3, -0.25) is 34.0 Å². The maximum absolute atomic E-state index is 12.5. The molecule has 0 radical (unpaired) electrons. The number of nitrogens with zero attached hydrogens (tertiary/aromatic N) is 3. The summed E-state index contributed by atoms with van der Waals surface area (Å²) >= 11 is 0. The fourth-order valence-corrected chi connectivity index (χ4v) is 3.45. The number of benzene rings is 1. The minimum atomic E-state index is -1.03. The Morgan fingerprint density at radius 1 is 1.06 bits per heavy atom. The smallest absolute Gasteiger partial charge is 0.335 e. The highest BCUT2D eigenvalue weighted by Crippen LogP contribution is 2.30. The molecule has 1 fully saturated rings. The second-order valence-electron chi connectivity index (χ2n) is 6.99. The van der Waals surface area contributed by atoms with E-state index in [9.17, 15) is 24.0 Å². The molecule has 32 heavy (non-hydrogen) atoms. The van der Waals surface area contributed by atoms with Gasteiger partial charge < -0.3 is 15.9 Å². The van der Waals surface area contributed by atoms with Crippen LogP contribution in [0, 0.1) is 0 Å². The average molecular weight is 440 g/mol. The number of pyridine rings is 1. The van der Waals surface area contributed by atoms with Crippen molar-refractivity contribution in [2.24, 2.45) is 0 Å². The second kappa shape index (κ2) is 9.35. The van der Waals surface area contributed by atoms with Gasteiger partial charge in [0.25, 0.3) is 17.7 Å². The molecule has 3 heterocycles. The number of rotatable bonds is 4. The van der Waals surface area contributed by atoms with Crippen molar-refractivity contribution in [3.05, 3.63) is 59.4 Å². The monoisotopic (exact) mass is 440 g/mol. The van der Waals surface area contributed by atoms with E-state index in [4.69, 9.17) is 15.9 Å². The van der Waals surface area contributed by atoms with E-state index in [-0.39, 0.29) is 42.7 Å². The number of imide groups is 2. The summed E-state index contributed by atoms with van der Waals surface area (Å²) in [7, 11) is 0. The van der Waals surface area contributed by atoms with E-state index in [1.807, 2.05) is 0 Å². The number of carboxylic acids is 1. The van der Waals surface area contributed by atoms with Crippen molar-refractivity contribution >= 4 is 35.3 Å². The molecule has 1 unspecified atom stereocenters. The molecule has 4 rings (SSSR count). The predicted octanol–water partition coefficient (Wildman–Crippen LogP) is 0.155. The van der Waals surface area contributed by atoms with Crippen molar-refractivity contribution in [3.8, 4) is 0 Å². The van der Waals surface area contributed by atoms with Crippen LogP contribution in [-0.4, -0.2) is 73.8 Å². The third kappa shape index (κ3) is 4.32. The molecule has 1 aromatic carbocycles. The molecule has 2 aromatic rings. The molecular formula is C21H20N4O7. The summed E-state index contributed by atoms with van der Waals surface area (Å²) in [5.41, 5.74) is 6.61. The summed E-state index contributed by atoms with van der Waals surface area (Å²) in [5, 5.41) is 17.3. The van der Waals surface area contributed by atoms with E-state index in [0.29, 0.717) is 5.69 Å². The number of nitrogens with two attached hydrogens (primary N) is 1. The normalized spacial score (nSPS) is 17.7. The number of amides is 4. The fraction of sp³-hybridized carbons (Fsp3) is 0.238. The van der Waals surface area contributed by atoms with Crippen LogP contribution in [-0.2, 0) is 9.59 Å². The van der Waals surface area contributed by atoms with Crippen molar-refractivity contribution < 1.29 is 34.2 Å². The molecule has 11 heteroatoms. The van der Waals surface area contributed by atoms with Gasteiger partial charge in [0.15, 0.2) is 0 Å². The molecule has 4 N–H and O–H groups in total. The molecule has 4 amide bonds. The Bertz CT molecular complexity index is 1090. The maximum atomic E-state index is 12.5. The average Bonchev–Trinajstić information content (AvgIpc) is 3.02. The van der Waals surface area contributed by atoms with Crippen LogP contribution in [0.3, 0.4) is 0 Å². The molecule has 0 saturated carbocycles. The number of nitrogen functional groups attached to an aromatic ring is 1. The van der Waals surface area contributed by atoms with Crippen LogP contribution in [0.15, 0.2) is 42.7 Å². The minimum absolute atomic E-state index is 0.0337. The molecule has 1 aromatic heterocycles. The number of carbonyl (C=O) groups excluding carboxylic acids is 4. The summed E-state index contributed by atoms with van der Waals surface area (Å²) < 4.78 is 0. The number of aliphatic hydroxyl groups is 1. The number of aromatic carboxylic acids is 1. The highest BCUT2D eigenvalue weighted by molar-refractivity contribution is 6.23. The van der Waals surface area contributed by atoms with E-state index in [1.165, 1.54) is 42.7 Å². The van der Waals surface area contributed by atoms with Crippen LogP contribution in [0.2, 0.25) is 0 Å². The summed E-state index contributed by atoms with van der Waals surface area (Å²) in [5.74, 6) is -3.13. The Balaban J connectivity index is 0.000000269. The molecule has 2 aliphatic rings. The number of carbonyl (C=O) groups is 5. The maximum Gasteiger partial charge on any atom is 0.335 e. The molecule has 166 valence electrons. The summed E-state index contributed by atoms with van der Waals surface area (Å²) in [6, 6.07) is 6.23. The third-order valence-corrected chi connectivity index (χ3v) is 4.99. The SMILES string of the molecule is Nc1ccc2c(c1)C(=O)N(C1CCC(=O)N(CCO)C1=O)C2=O.O=C(O)c1ccncc1. The number of anilines is 1. The number of hydrogen-bond acceptors (Lipinski definition) is 8. The molecule has 0 spiro atoms. The van der Waals surface area contributed by atoms with Gasteiger partial charge in [-0.1, -0.05) is 0 Å². The number of hydrogen-bond donors (Lipinski definition) is 3. The number of aliphatic hydroxyl groups excluding tert-OH is 1. The number of likely N-dealkylation sites (tertiary alicyclic amines) is 1. The zero-order chi connectivity index (χ0) is 23.4. The number of fused-ring (bicyclic) bond motifs is 1. The Kier molecular flexibility index (Phi) is 6.59. The van der Waals surface area contributed by atoms with Gasteiger partial charge in [-0.25, -0.2) is 4.79 Å². The molecule has 11 nitrogen and oxygen atoms in total. The van der Waals surface area contributed by atoms with Gasteiger partial charge in [-0.05, 0) is 36.8 Å². The number of piperidine rings is 1. The Hall–Kier alpha value is -4.12. The van der Waals surface area contributed by atoms with E-state index in [2.05, 4.69) is 4.98 Å². The van der Waals surface area contributed by atoms with Gasteiger partial charge in [0.1, 0.15) is 6.04 Å². The Labute approximate surface area is 182 Å². The lowest BCUT2D eigenvalue weighted by Gasteiger charge is -2.34. The van der Waals surface area contributed by atoms with Gasteiger partial charge in [-0.2, -0.15) is 0 Å². The lowest BCUT2D eigenvalue weighted by Crippen LogP contribution is -2.56. The lowest BCUT2D eigenvalue weighted by atomic mass is 10.0. The van der Waals surface area contributed by atoms with Crippen LogP contribution >= 0.6 is 0 Å².